The normalized spacial score (nSPS) is 12.1. The molecule has 0 amide bonds. The average molecular weight is 178 g/mol. The molecular formula is C7H18N2OS. The highest BCUT2D eigenvalue weighted by atomic mass is 32.2. The van der Waals surface area contributed by atoms with Gasteiger partial charge in [0.1, 0.15) is 0 Å². The molecule has 0 spiro atoms. The highest BCUT2D eigenvalue weighted by Crippen LogP contribution is 1.83. The van der Waals surface area contributed by atoms with Crippen molar-refractivity contribution in [1.82, 2.24) is 5.32 Å². The van der Waals surface area contributed by atoms with Crippen LogP contribution >= 0.6 is 0 Å². The van der Waals surface area contributed by atoms with Crippen LogP contribution in [0, 0.1) is 0 Å². The van der Waals surface area contributed by atoms with E-state index >= 15 is 0 Å². The summed E-state index contributed by atoms with van der Waals surface area (Å²) in [6.45, 7) is 5.62. The molecule has 0 heterocycles. The molecule has 0 fully saturated rings. The largest absolute Gasteiger partial charge is 0.313 e. The SMILES string of the molecule is CC(C)NCCN=S(C)(C)=O. The zero-order valence-corrected chi connectivity index (χ0v) is 8.57. The average Bonchev–Trinajstić information content (AvgIpc) is 1.78. The summed E-state index contributed by atoms with van der Waals surface area (Å²) in [4.78, 5) is 0. The van der Waals surface area contributed by atoms with E-state index < -0.39 is 9.73 Å². The van der Waals surface area contributed by atoms with E-state index in [4.69, 9.17) is 0 Å². The van der Waals surface area contributed by atoms with Crippen LogP contribution in [-0.2, 0) is 9.73 Å². The molecule has 0 bridgehead atoms. The quantitative estimate of drug-likeness (QED) is 0.644. The van der Waals surface area contributed by atoms with Gasteiger partial charge in [-0.1, -0.05) is 13.8 Å². The summed E-state index contributed by atoms with van der Waals surface area (Å²) in [5, 5.41) is 3.20. The van der Waals surface area contributed by atoms with Gasteiger partial charge in [0.2, 0.25) is 0 Å². The van der Waals surface area contributed by atoms with Crippen molar-refractivity contribution in [2.45, 2.75) is 19.9 Å². The molecular weight excluding hydrogens is 160 g/mol. The maximum Gasteiger partial charge on any atom is 0.0608 e. The van der Waals surface area contributed by atoms with Crippen molar-refractivity contribution >= 4 is 9.73 Å². The molecule has 11 heavy (non-hydrogen) atoms. The van der Waals surface area contributed by atoms with E-state index in [-0.39, 0.29) is 0 Å². The molecule has 68 valence electrons. The predicted octanol–water partition coefficient (Wildman–Crippen LogP) is 0.712. The number of nitrogens with one attached hydrogen (secondary N) is 1. The lowest BCUT2D eigenvalue weighted by atomic mass is 10.4. The molecule has 0 aromatic heterocycles. The lowest BCUT2D eigenvalue weighted by molar-refractivity contribution is 0.596. The Balaban J connectivity index is 3.51. The summed E-state index contributed by atoms with van der Waals surface area (Å²) in [5.74, 6) is 0. The first-order valence-corrected chi connectivity index (χ1v) is 6.11. The van der Waals surface area contributed by atoms with Gasteiger partial charge in [0.15, 0.2) is 0 Å². The molecule has 0 aromatic carbocycles. The topological polar surface area (TPSA) is 41.5 Å². The van der Waals surface area contributed by atoms with Gasteiger partial charge in [0.25, 0.3) is 0 Å². The highest BCUT2D eigenvalue weighted by molar-refractivity contribution is 7.92. The van der Waals surface area contributed by atoms with Gasteiger partial charge in [0, 0.05) is 34.8 Å². The van der Waals surface area contributed by atoms with Crippen molar-refractivity contribution in [2.24, 2.45) is 4.36 Å². The molecule has 0 radical (unpaired) electrons. The molecule has 3 nitrogen and oxygen atoms in total. The predicted molar refractivity (Wildman–Crippen MR) is 50.4 cm³/mol. The zero-order chi connectivity index (χ0) is 8.91. The summed E-state index contributed by atoms with van der Waals surface area (Å²) < 4.78 is 15.0. The van der Waals surface area contributed by atoms with E-state index in [0.717, 1.165) is 6.54 Å². The Morgan fingerprint density at radius 3 is 2.36 bits per heavy atom. The van der Waals surface area contributed by atoms with Crippen LogP contribution in [0.1, 0.15) is 13.8 Å². The van der Waals surface area contributed by atoms with Crippen LogP contribution in [0.3, 0.4) is 0 Å². The Hall–Kier alpha value is -0.0900. The van der Waals surface area contributed by atoms with E-state index in [1.54, 1.807) is 12.5 Å². The van der Waals surface area contributed by atoms with Crippen LogP contribution in [0.4, 0.5) is 0 Å². The fraction of sp³-hybridized carbons (Fsp3) is 1.00. The smallest absolute Gasteiger partial charge is 0.0608 e. The lowest BCUT2D eigenvalue weighted by Gasteiger charge is -2.05. The lowest BCUT2D eigenvalue weighted by Crippen LogP contribution is -2.25. The third-order valence-corrected chi connectivity index (χ3v) is 1.87. The Morgan fingerprint density at radius 1 is 1.45 bits per heavy atom. The molecule has 0 aliphatic carbocycles. The minimum absolute atomic E-state index is 0.481. The molecule has 1 N–H and O–H groups in total. The summed E-state index contributed by atoms with van der Waals surface area (Å²) in [6.07, 6.45) is 3.31. The van der Waals surface area contributed by atoms with Gasteiger partial charge in [-0.3, -0.25) is 4.21 Å². The molecule has 0 atom stereocenters. The number of rotatable bonds is 4. The maximum atomic E-state index is 11.0. The van der Waals surface area contributed by atoms with Gasteiger partial charge < -0.3 is 5.32 Å². The number of hydrogen-bond donors (Lipinski definition) is 1. The van der Waals surface area contributed by atoms with Crippen LogP contribution in [0.2, 0.25) is 0 Å². The van der Waals surface area contributed by atoms with Gasteiger partial charge in [-0.2, -0.15) is 0 Å². The standard InChI is InChI=1S/C7H18N2OS/c1-7(2)8-5-6-9-11(3,4)10/h7-8H,5-6H2,1-4H3. The molecule has 0 saturated heterocycles. The van der Waals surface area contributed by atoms with Gasteiger partial charge in [-0.25, -0.2) is 4.36 Å². The molecule has 4 heteroatoms. The number of nitrogens with zero attached hydrogens (tertiary/aromatic N) is 1. The van der Waals surface area contributed by atoms with Gasteiger partial charge in [-0.05, 0) is 0 Å². The van der Waals surface area contributed by atoms with Crippen LogP contribution in [0.5, 0.6) is 0 Å². The van der Waals surface area contributed by atoms with Crippen molar-refractivity contribution in [3.63, 3.8) is 0 Å². The second-order valence-electron chi connectivity index (χ2n) is 3.14. The molecule has 0 saturated carbocycles. The molecule has 0 aliphatic heterocycles. The van der Waals surface area contributed by atoms with Crippen LogP contribution in [0.25, 0.3) is 0 Å². The van der Waals surface area contributed by atoms with Crippen molar-refractivity contribution in [2.75, 3.05) is 25.6 Å². The third kappa shape index (κ3) is 9.91. The van der Waals surface area contributed by atoms with Crippen LogP contribution in [-0.4, -0.2) is 35.9 Å². The zero-order valence-electron chi connectivity index (χ0n) is 7.76. The molecule has 0 rings (SSSR count). The Kier molecular flexibility index (Phi) is 4.68. The minimum atomic E-state index is -1.89. The Morgan fingerprint density at radius 2 is 2.00 bits per heavy atom. The third-order valence-electron chi connectivity index (χ3n) is 1.07. The second kappa shape index (κ2) is 4.72. The fourth-order valence-corrected chi connectivity index (χ4v) is 1.15. The Labute approximate surface area is 69.8 Å². The first-order valence-electron chi connectivity index (χ1n) is 3.78. The first kappa shape index (κ1) is 10.9. The van der Waals surface area contributed by atoms with Crippen molar-refractivity contribution in [3.8, 4) is 0 Å². The van der Waals surface area contributed by atoms with Gasteiger partial charge in [-0.15, -0.1) is 0 Å². The van der Waals surface area contributed by atoms with Crippen LogP contribution < -0.4 is 5.32 Å². The summed E-state index contributed by atoms with van der Waals surface area (Å²) in [7, 11) is -1.89. The molecule has 0 unspecified atom stereocenters. The van der Waals surface area contributed by atoms with Gasteiger partial charge in [0.05, 0.1) is 6.54 Å². The van der Waals surface area contributed by atoms with Crippen LogP contribution in [0.15, 0.2) is 4.36 Å². The van der Waals surface area contributed by atoms with E-state index in [1.165, 1.54) is 0 Å². The monoisotopic (exact) mass is 178 g/mol. The second-order valence-corrected chi connectivity index (χ2v) is 5.76. The summed E-state index contributed by atoms with van der Waals surface area (Å²) in [6, 6.07) is 0.481. The first-order chi connectivity index (χ1) is 4.92. The van der Waals surface area contributed by atoms with Gasteiger partial charge >= 0.3 is 0 Å². The van der Waals surface area contributed by atoms with E-state index in [1.807, 2.05) is 0 Å². The van der Waals surface area contributed by atoms with E-state index in [2.05, 4.69) is 23.5 Å². The van der Waals surface area contributed by atoms with E-state index in [9.17, 15) is 4.21 Å². The molecule has 0 aliphatic rings. The maximum absolute atomic E-state index is 11.0. The Bertz CT molecular complexity index is 196. The number of hydrogen-bond acceptors (Lipinski definition) is 3. The summed E-state index contributed by atoms with van der Waals surface area (Å²) >= 11 is 0. The van der Waals surface area contributed by atoms with E-state index in [0.29, 0.717) is 12.6 Å². The summed E-state index contributed by atoms with van der Waals surface area (Å²) in [5.41, 5.74) is 0. The fourth-order valence-electron chi connectivity index (χ4n) is 0.619. The molecule has 0 aromatic rings. The van der Waals surface area contributed by atoms with Crippen molar-refractivity contribution < 1.29 is 4.21 Å². The highest BCUT2D eigenvalue weighted by Gasteiger charge is 1.91. The minimum Gasteiger partial charge on any atom is -0.313 e. The van der Waals surface area contributed by atoms with Crippen molar-refractivity contribution in [3.05, 3.63) is 0 Å². The van der Waals surface area contributed by atoms with Crippen molar-refractivity contribution in [1.29, 1.82) is 0 Å².